The minimum atomic E-state index is 0.468. The number of benzene rings is 1. The van der Waals surface area contributed by atoms with Crippen LogP contribution in [0.25, 0.3) is 5.57 Å². The molecule has 1 unspecified atom stereocenters. The molecule has 2 aliphatic carbocycles. The van der Waals surface area contributed by atoms with Crippen LogP contribution in [0.4, 0.5) is 0 Å². The fourth-order valence-corrected chi connectivity index (χ4v) is 3.03. The highest BCUT2D eigenvalue weighted by Gasteiger charge is 2.28. The van der Waals surface area contributed by atoms with Gasteiger partial charge in [0.1, 0.15) is 0 Å². The van der Waals surface area contributed by atoms with Gasteiger partial charge in [-0.2, -0.15) is 0 Å². The average molecular weight is 234 g/mol. The molecule has 0 radical (unpaired) electrons. The molecule has 1 aromatic carbocycles. The van der Waals surface area contributed by atoms with Gasteiger partial charge in [0.2, 0.25) is 0 Å². The maximum absolute atomic E-state index is 4.02. The molecule has 0 bridgehead atoms. The summed E-state index contributed by atoms with van der Waals surface area (Å²) >= 11 is 0. The summed E-state index contributed by atoms with van der Waals surface area (Å²) < 4.78 is 0. The van der Waals surface area contributed by atoms with E-state index in [0.29, 0.717) is 5.92 Å². The zero-order valence-electron chi connectivity index (χ0n) is 10.8. The Labute approximate surface area is 109 Å². The molecule has 3 rings (SSSR count). The van der Waals surface area contributed by atoms with Gasteiger partial charge in [-0.1, -0.05) is 48.6 Å². The highest BCUT2D eigenvalue weighted by atomic mass is 14.3. The number of hydrogen-bond donors (Lipinski definition) is 0. The number of allylic oxidation sites excluding steroid dienone is 7. The first-order chi connectivity index (χ1) is 8.81. The topological polar surface area (TPSA) is 0 Å². The Morgan fingerprint density at radius 3 is 2.89 bits per heavy atom. The van der Waals surface area contributed by atoms with E-state index in [1.54, 1.807) is 0 Å². The van der Waals surface area contributed by atoms with Gasteiger partial charge in [-0.3, -0.25) is 0 Å². The molecule has 0 spiro atoms. The predicted octanol–water partition coefficient (Wildman–Crippen LogP) is 4.84. The maximum Gasteiger partial charge on any atom is 0.00679 e. The summed E-state index contributed by atoms with van der Waals surface area (Å²) in [6, 6.07) is 8.66. The summed E-state index contributed by atoms with van der Waals surface area (Å²) in [5.41, 5.74) is 7.13. The van der Waals surface area contributed by atoms with Gasteiger partial charge in [0.15, 0.2) is 0 Å². The Balaban J connectivity index is 2.21. The molecule has 1 atom stereocenters. The Bertz CT molecular complexity index is 582. The van der Waals surface area contributed by atoms with E-state index in [9.17, 15) is 0 Å². The lowest BCUT2D eigenvalue weighted by Gasteiger charge is -2.14. The Kier molecular flexibility index (Phi) is 2.79. The fourth-order valence-electron chi connectivity index (χ4n) is 3.03. The second kappa shape index (κ2) is 4.45. The zero-order chi connectivity index (χ0) is 12.5. The van der Waals surface area contributed by atoms with Crippen LogP contribution < -0.4 is 0 Å². The van der Waals surface area contributed by atoms with Gasteiger partial charge in [0.05, 0.1) is 0 Å². The summed E-state index contributed by atoms with van der Waals surface area (Å²) in [5, 5.41) is 0. The van der Waals surface area contributed by atoms with Crippen molar-refractivity contribution >= 4 is 5.57 Å². The van der Waals surface area contributed by atoms with E-state index in [0.717, 1.165) is 12.8 Å². The van der Waals surface area contributed by atoms with Gasteiger partial charge in [0, 0.05) is 5.92 Å². The third-order valence-electron chi connectivity index (χ3n) is 3.95. The second-order valence-corrected chi connectivity index (χ2v) is 5.06. The first-order valence-corrected chi connectivity index (χ1v) is 6.60. The summed E-state index contributed by atoms with van der Waals surface area (Å²) in [6.07, 6.45) is 11.2. The van der Waals surface area contributed by atoms with Gasteiger partial charge in [0.25, 0.3) is 0 Å². The standard InChI is InChI=1S/C18H18/c1-3-14-12-15-9-5-7-11-17(15)18(14)16-10-6-4-8-13(16)2/h3-4,6-11,14H,1,5,12H2,2H3. The highest BCUT2D eigenvalue weighted by molar-refractivity contribution is 5.83. The van der Waals surface area contributed by atoms with E-state index >= 15 is 0 Å². The maximum atomic E-state index is 4.02. The van der Waals surface area contributed by atoms with E-state index in [1.807, 2.05) is 0 Å². The van der Waals surface area contributed by atoms with Crippen molar-refractivity contribution in [3.63, 3.8) is 0 Å². The molecule has 18 heavy (non-hydrogen) atoms. The predicted molar refractivity (Wildman–Crippen MR) is 78.2 cm³/mol. The van der Waals surface area contributed by atoms with Crippen molar-refractivity contribution in [3.05, 3.63) is 77.4 Å². The van der Waals surface area contributed by atoms with Crippen LogP contribution in [-0.2, 0) is 0 Å². The first-order valence-electron chi connectivity index (χ1n) is 6.60. The van der Waals surface area contributed by atoms with E-state index in [1.165, 1.54) is 27.8 Å². The van der Waals surface area contributed by atoms with Crippen molar-refractivity contribution < 1.29 is 0 Å². The Morgan fingerprint density at radius 2 is 2.11 bits per heavy atom. The number of aryl methyl sites for hydroxylation is 1. The molecule has 1 aromatic rings. The largest absolute Gasteiger partial charge is 0.102 e. The van der Waals surface area contributed by atoms with Gasteiger partial charge >= 0.3 is 0 Å². The van der Waals surface area contributed by atoms with Gasteiger partial charge < -0.3 is 0 Å². The molecule has 0 heterocycles. The van der Waals surface area contributed by atoms with Crippen LogP contribution in [0.5, 0.6) is 0 Å². The fraction of sp³-hybridized carbons (Fsp3) is 0.222. The van der Waals surface area contributed by atoms with Crippen LogP contribution in [0.3, 0.4) is 0 Å². The molecular weight excluding hydrogens is 216 g/mol. The van der Waals surface area contributed by atoms with E-state index in [4.69, 9.17) is 0 Å². The quantitative estimate of drug-likeness (QED) is 0.642. The van der Waals surface area contributed by atoms with Gasteiger partial charge in [-0.25, -0.2) is 0 Å². The molecule has 0 saturated heterocycles. The minimum Gasteiger partial charge on any atom is -0.102 e. The van der Waals surface area contributed by atoms with Crippen molar-refractivity contribution in [1.29, 1.82) is 0 Å². The number of hydrogen-bond acceptors (Lipinski definition) is 0. The molecule has 0 nitrogen and oxygen atoms in total. The normalized spacial score (nSPS) is 21.8. The van der Waals surface area contributed by atoms with Crippen LogP contribution >= 0.6 is 0 Å². The minimum absolute atomic E-state index is 0.468. The number of fused-ring (bicyclic) bond motifs is 1. The van der Waals surface area contributed by atoms with Gasteiger partial charge in [-0.15, -0.1) is 6.58 Å². The summed E-state index contributed by atoms with van der Waals surface area (Å²) in [7, 11) is 0. The summed E-state index contributed by atoms with van der Waals surface area (Å²) in [6.45, 7) is 6.21. The monoisotopic (exact) mass is 234 g/mol. The average Bonchev–Trinajstić information content (AvgIpc) is 2.78. The molecule has 0 fully saturated rings. The molecule has 0 amide bonds. The molecule has 2 aliphatic rings. The van der Waals surface area contributed by atoms with Crippen molar-refractivity contribution in [2.75, 3.05) is 0 Å². The second-order valence-electron chi connectivity index (χ2n) is 5.06. The van der Waals surface area contributed by atoms with Gasteiger partial charge in [-0.05, 0) is 47.6 Å². The van der Waals surface area contributed by atoms with E-state index < -0.39 is 0 Å². The first kappa shape index (κ1) is 11.3. The van der Waals surface area contributed by atoms with Crippen molar-refractivity contribution in [2.24, 2.45) is 5.92 Å². The highest BCUT2D eigenvalue weighted by Crippen LogP contribution is 2.45. The Hall–Kier alpha value is -1.82. The third kappa shape index (κ3) is 1.69. The lowest BCUT2D eigenvalue weighted by atomic mass is 9.90. The lowest BCUT2D eigenvalue weighted by Crippen LogP contribution is -1.97. The van der Waals surface area contributed by atoms with Crippen LogP contribution in [0, 0.1) is 12.8 Å². The lowest BCUT2D eigenvalue weighted by molar-refractivity contribution is 0.861. The molecule has 0 heteroatoms. The molecule has 0 N–H and O–H groups in total. The summed E-state index contributed by atoms with van der Waals surface area (Å²) in [5.74, 6) is 0.468. The molecular formula is C18H18. The molecule has 0 aliphatic heterocycles. The molecule has 0 saturated carbocycles. The van der Waals surface area contributed by atoms with E-state index in [-0.39, 0.29) is 0 Å². The number of rotatable bonds is 2. The van der Waals surface area contributed by atoms with Crippen LogP contribution in [0.2, 0.25) is 0 Å². The molecule has 0 aromatic heterocycles. The smallest absolute Gasteiger partial charge is 0.00679 e. The SMILES string of the molecule is C=CC1CC2=CCC=CC2=C1c1ccccc1C. The summed E-state index contributed by atoms with van der Waals surface area (Å²) in [4.78, 5) is 0. The molecule has 90 valence electrons. The third-order valence-corrected chi connectivity index (χ3v) is 3.95. The van der Waals surface area contributed by atoms with E-state index in [2.05, 4.69) is 62.1 Å². The van der Waals surface area contributed by atoms with Crippen molar-refractivity contribution in [2.45, 2.75) is 19.8 Å². The van der Waals surface area contributed by atoms with Crippen molar-refractivity contribution in [3.8, 4) is 0 Å². The van der Waals surface area contributed by atoms with Crippen LogP contribution in [0.15, 0.2) is 66.3 Å². The zero-order valence-corrected chi connectivity index (χ0v) is 10.8. The van der Waals surface area contributed by atoms with Crippen molar-refractivity contribution in [1.82, 2.24) is 0 Å². The van der Waals surface area contributed by atoms with Crippen LogP contribution in [-0.4, -0.2) is 0 Å². The van der Waals surface area contributed by atoms with Crippen LogP contribution in [0.1, 0.15) is 24.0 Å². The Morgan fingerprint density at radius 1 is 1.28 bits per heavy atom.